The molecule has 1 aromatic rings. The SMILES string of the molecule is CCOc1ccccc1N1CC(C(=O)NC(C)(C)CCC(=O)O)CC1=O. The predicted octanol–water partition coefficient (Wildman–Crippen LogP) is 2.20. The third kappa shape index (κ3) is 4.97. The van der Waals surface area contributed by atoms with Gasteiger partial charge in [0.15, 0.2) is 0 Å². The van der Waals surface area contributed by atoms with E-state index in [1.165, 1.54) is 0 Å². The first kappa shape index (κ1) is 19.8. The summed E-state index contributed by atoms with van der Waals surface area (Å²) in [6.07, 6.45) is 0.428. The minimum absolute atomic E-state index is 0.0231. The van der Waals surface area contributed by atoms with E-state index in [9.17, 15) is 14.4 Å². The summed E-state index contributed by atoms with van der Waals surface area (Å²) < 4.78 is 5.58. The molecule has 2 rings (SSSR count). The summed E-state index contributed by atoms with van der Waals surface area (Å²) in [6.45, 7) is 6.21. The molecular formula is C19H26N2O5. The zero-order valence-electron chi connectivity index (χ0n) is 15.4. The van der Waals surface area contributed by atoms with Gasteiger partial charge in [0.25, 0.3) is 0 Å². The van der Waals surface area contributed by atoms with Crippen molar-refractivity contribution in [2.45, 2.75) is 45.6 Å². The number of para-hydroxylation sites is 2. The first-order chi connectivity index (χ1) is 12.2. The van der Waals surface area contributed by atoms with Crippen molar-refractivity contribution in [3.05, 3.63) is 24.3 Å². The Bertz CT molecular complexity index is 686. The maximum absolute atomic E-state index is 12.6. The Morgan fingerprint density at radius 2 is 2.04 bits per heavy atom. The van der Waals surface area contributed by atoms with Crippen molar-refractivity contribution in [2.75, 3.05) is 18.1 Å². The Kier molecular flexibility index (Phi) is 6.23. The molecule has 0 saturated carbocycles. The summed E-state index contributed by atoms with van der Waals surface area (Å²) in [5, 5.41) is 11.7. The number of benzene rings is 1. The van der Waals surface area contributed by atoms with E-state index in [-0.39, 0.29) is 31.2 Å². The Morgan fingerprint density at radius 3 is 2.69 bits per heavy atom. The van der Waals surface area contributed by atoms with Crippen LogP contribution in [0.2, 0.25) is 0 Å². The van der Waals surface area contributed by atoms with Gasteiger partial charge in [-0.25, -0.2) is 0 Å². The Morgan fingerprint density at radius 1 is 1.35 bits per heavy atom. The number of anilines is 1. The van der Waals surface area contributed by atoms with Crippen LogP contribution in [0.15, 0.2) is 24.3 Å². The third-order valence-corrected chi connectivity index (χ3v) is 4.38. The molecule has 1 atom stereocenters. The molecule has 142 valence electrons. The average Bonchev–Trinajstić information content (AvgIpc) is 2.95. The molecule has 7 nitrogen and oxygen atoms in total. The molecule has 1 aliphatic heterocycles. The Balaban J connectivity index is 2.05. The lowest BCUT2D eigenvalue weighted by Crippen LogP contribution is -2.46. The highest BCUT2D eigenvalue weighted by Crippen LogP contribution is 2.33. The van der Waals surface area contributed by atoms with Crippen LogP contribution in [-0.2, 0) is 14.4 Å². The second kappa shape index (κ2) is 8.21. The second-order valence-electron chi connectivity index (χ2n) is 7.07. The van der Waals surface area contributed by atoms with Crippen LogP contribution in [0.5, 0.6) is 5.75 Å². The lowest BCUT2D eigenvalue weighted by molar-refractivity contribution is -0.138. The van der Waals surface area contributed by atoms with E-state index >= 15 is 0 Å². The highest BCUT2D eigenvalue weighted by atomic mass is 16.5. The summed E-state index contributed by atoms with van der Waals surface area (Å²) in [7, 11) is 0. The van der Waals surface area contributed by atoms with Crippen LogP contribution in [0, 0.1) is 5.92 Å². The van der Waals surface area contributed by atoms with Crippen LogP contribution in [0.3, 0.4) is 0 Å². The number of hydrogen-bond donors (Lipinski definition) is 2. The fourth-order valence-corrected chi connectivity index (χ4v) is 2.99. The van der Waals surface area contributed by atoms with Gasteiger partial charge in [-0.2, -0.15) is 0 Å². The van der Waals surface area contributed by atoms with Crippen LogP contribution in [0.25, 0.3) is 0 Å². The van der Waals surface area contributed by atoms with Crippen molar-refractivity contribution in [1.29, 1.82) is 0 Å². The predicted molar refractivity (Wildman–Crippen MR) is 97.2 cm³/mol. The summed E-state index contributed by atoms with van der Waals surface area (Å²) in [5.74, 6) is -1.11. The molecule has 7 heteroatoms. The lowest BCUT2D eigenvalue weighted by atomic mass is 9.96. The zero-order chi connectivity index (χ0) is 19.3. The molecule has 1 unspecified atom stereocenters. The monoisotopic (exact) mass is 362 g/mol. The van der Waals surface area contributed by atoms with Gasteiger partial charge in [-0.05, 0) is 39.3 Å². The summed E-state index contributed by atoms with van der Waals surface area (Å²) in [5.41, 5.74) is 0.0228. The number of hydrogen-bond acceptors (Lipinski definition) is 4. The van der Waals surface area contributed by atoms with E-state index in [1.807, 2.05) is 19.1 Å². The number of carbonyl (C=O) groups is 3. The van der Waals surface area contributed by atoms with Crippen LogP contribution >= 0.6 is 0 Å². The van der Waals surface area contributed by atoms with Crippen molar-refractivity contribution in [3.8, 4) is 5.75 Å². The van der Waals surface area contributed by atoms with Crippen molar-refractivity contribution < 1.29 is 24.2 Å². The van der Waals surface area contributed by atoms with Crippen LogP contribution in [0.1, 0.15) is 40.0 Å². The topological polar surface area (TPSA) is 95.9 Å². The maximum Gasteiger partial charge on any atom is 0.303 e. The van der Waals surface area contributed by atoms with Crippen molar-refractivity contribution in [2.24, 2.45) is 5.92 Å². The van der Waals surface area contributed by atoms with E-state index in [1.54, 1.807) is 30.9 Å². The second-order valence-corrected chi connectivity index (χ2v) is 7.07. The summed E-state index contributed by atoms with van der Waals surface area (Å²) >= 11 is 0. The highest BCUT2D eigenvalue weighted by molar-refractivity contribution is 6.01. The molecule has 0 aromatic heterocycles. The number of nitrogens with zero attached hydrogens (tertiary/aromatic N) is 1. The van der Waals surface area contributed by atoms with E-state index < -0.39 is 17.4 Å². The van der Waals surface area contributed by atoms with Gasteiger partial charge in [0.1, 0.15) is 5.75 Å². The molecule has 1 heterocycles. The van der Waals surface area contributed by atoms with Crippen molar-refractivity contribution in [1.82, 2.24) is 5.32 Å². The molecule has 1 saturated heterocycles. The standard InChI is InChI=1S/C19H26N2O5/c1-4-26-15-8-6-5-7-14(15)21-12-13(11-16(21)22)18(25)20-19(2,3)10-9-17(23)24/h5-8,13H,4,9-12H2,1-3H3,(H,20,25)(H,23,24). The van der Waals surface area contributed by atoms with Gasteiger partial charge < -0.3 is 20.1 Å². The third-order valence-electron chi connectivity index (χ3n) is 4.38. The minimum Gasteiger partial charge on any atom is -0.492 e. The fraction of sp³-hybridized carbons (Fsp3) is 0.526. The maximum atomic E-state index is 12.6. The summed E-state index contributed by atoms with van der Waals surface area (Å²) in [4.78, 5) is 37.3. The van der Waals surface area contributed by atoms with E-state index in [2.05, 4.69) is 5.32 Å². The van der Waals surface area contributed by atoms with Crippen LogP contribution in [-0.4, -0.2) is 41.6 Å². The largest absolute Gasteiger partial charge is 0.492 e. The first-order valence-electron chi connectivity index (χ1n) is 8.79. The number of carbonyl (C=O) groups excluding carboxylic acids is 2. The molecule has 0 radical (unpaired) electrons. The number of amides is 2. The number of carboxylic acids is 1. The van der Waals surface area contributed by atoms with Crippen molar-refractivity contribution >= 4 is 23.5 Å². The van der Waals surface area contributed by atoms with Gasteiger partial charge in [0, 0.05) is 24.9 Å². The fourth-order valence-electron chi connectivity index (χ4n) is 2.99. The normalized spacial score (nSPS) is 17.3. The molecule has 0 spiro atoms. The number of carboxylic acid groups (broad SMARTS) is 1. The molecule has 1 aliphatic rings. The van der Waals surface area contributed by atoms with Gasteiger partial charge in [0.05, 0.1) is 18.2 Å². The highest BCUT2D eigenvalue weighted by Gasteiger charge is 2.37. The molecule has 1 fully saturated rings. The van der Waals surface area contributed by atoms with Gasteiger partial charge in [-0.1, -0.05) is 12.1 Å². The quantitative estimate of drug-likeness (QED) is 0.739. The van der Waals surface area contributed by atoms with Gasteiger partial charge in [0.2, 0.25) is 11.8 Å². The summed E-state index contributed by atoms with van der Waals surface area (Å²) in [6, 6.07) is 7.27. The molecular weight excluding hydrogens is 336 g/mol. The lowest BCUT2D eigenvalue weighted by Gasteiger charge is -2.27. The van der Waals surface area contributed by atoms with E-state index in [4.69, 9.17) is 9.84 Å². The molecule has 0 bridgehead atoms. The minimum atomic E-state index is -0.901. The van der Waals surface area contributed by atoms with Gasteiger partial charge in [-0.3, -0.25) is 14.4 Å². The van der Waals surface area contributed by atoms with Crippen molar-refractivity contribution in [3.63, 3.8) is 0 Å². The van der Waals surface area contributed by atoms with Gasteiger partial charge in [-0.15, -0.1) is 0 Å². The number of nitrogens with one attached hydrogen (secondary N) is 1. The molecule has 26 heavy (non-hydrogen) atoms. The van der Waals surface area contributed by atoms with Crippen LogP contribution in [0.4, 0.5) is 5.69 Å². The number of aliphatic carboxylic acids is 1. The van der Waals surface area contributed by atoms with E-state index in [0.717, 1.165) is 0 Å². The van der Waals surface area contributed by atoms with Crippen LogP contribution < -0.4 is 15.0 Å². The zero-order valence-corrected chi connectivity index (χ0v) is 15.4. The average molecular weight is 362 g/mol. The Hall–Kier alpha value is -2.57. The molecule has 2 amide bonds. The smallest absolute Gasteiger partial charge is 0.303 e. The molecule has 2 N–H and O–H groups in total. The van der Waals surface area contributed by atoms with Gasteiger partial charge >= 0.3 is 5.97 Å². The Labute approximate surface area is 153 Å². The first-order valence-corrected chi connectivity index (χ1v) is 8.79. The number of rotatable bonds is 8. The van der Waals surface area contributed by atoms with E-state index in [0.29, 0.717) is 24.5 Å². The molecule has 1 aromatic carbocycles. The molecule has 0 aliphatic carbocycles. The number of ether oxygens (including phenoxy) is 1.